The van der Waals surface area contributed by atoms with E-state index >= 15 is 0 Å². The lowest BCUT2D eigenvalue weighted by atomic mass is 9.98. The maximum Gasteiger partial charge on any atom is 0.261 e. The van der Waals surface area contributed by atoms with E-state index in [1.54, 1.807) is 0 Å². The molecule has 0 saturated carbocycles. The summed E-state index contributed by atoms with van der Waals surface area (Å²) in [6, 6.07) is 42.9. The van der Waals surface area contributed by atoms with Crippen LogP contribution in [0.1, 0.15) is 149 Å². The first-order valence-corrected chi connectivity index (χ1v) is 38.2. The second-order valence-corrected chi connectivity index (χ2v) is 44.9. The predicted molar refractivity (Wildman–Crippen MR) is 338 cm³/mol. The fourth-order valence-corrected chi connectivity index (χ4v) is 20.9. The molecule has 6 atom stereocenters. The van der Waals surface area contributed by atoms with E-state index in [4.69, 9.17) is 17.7 Å². The van der Waals surface area contributed by atoms with Crippen LogP contribution in [0, 0.1) is 23.7 Å². The molecule has 4 aromatic rings. The summed E-state index contributed by atoms with van der Waals surface area (Å²) in [4.78, 5) is 0. The average molecular weight is 1110 g/mol. The molecule has 0 heterocycles. The van der Waals surface area contributed by atoms with E-state index in [2.05, 4.69) is 276 Å². The van der Waals surface area contributed by atoms with E-state index in [1.807, 2.05) is 6.08 Å². The lowest BCUT2D eigenvalue weighted by Gasteiger charge is -2.44. The maximum atomic E-state index is 10.8. The van der Waals surface area contributed by atoms with Gasteiger partial charge in [-0.1, -0.05) is 242 Å². The van der Waals surface area contributed by atoms with Gasteiger partial charge in [-0.2, -0.15) is 0 Å². The molecular weight excluding hydrogens is 1000 g/mol. The van der Waals surface area contributed by atoms with Gasteiger partial charge in [-0.05, 0) is 125 Å². The van der Waals surface area contributed by atoms with Gasteiger partial charge in [0.1, 0.15) is 6.10 Å². The molecule has 4 rings (SSSR count). The highest BCUT2D eigenvalue weighted by atomic mass is 28.4. The molecule has 2 N–H and O–H groups in total. The van der Waals surface area contributed by atoms with Crippen molar-refractivity contribution in [3.63, 3.8) is 0 Å². The van der Waals surface area contributed by atoms with Gasteiger partial charge in [0.15, 0.2) is 16.6 Å². The molecule has 0 bridgehead atoms. The van der Waals surface area contributed by atoms with Crippen molar-refractivity contribution in [1.82, 2.24) is 0 Å². The highest BCUT2D eigenvalue weighted by Gasteiger charge is 2.52. The number of hydrogen-bond acceptors (Lipinski definition) is 6. The van der Waals surface area contributed by atoms with Gasteiger partial charge in [0.2, 0.25) is 0 Å². The van der Waals surface area contributed by atoms with Crippen LogP contribution in [0.5, 0.6) is 0 Å². The SMILES string of the molecule is C[C@@H](C/C=C\C(O)[C@@H](C)CCCO[Si](C)(C)C(C)(C)C)O[Si](c1ccccc1)(c1ccccc1)C(C)(C)C.C[C@H](CC#CC(O)[C@@H](C)CCCO[Si](C)(C)C(C)(C)C)O[Si](c1ccccc1)(c1ccccc1)C(C)(C)C. The maximum absolute atomic E-state index is 10.8. The molecule has 0 amide bonds. The van der Waals surface area contributed by atoms with Crippen molar-refractivity contribution in [2.45, 2.75) is 220 Å². The van der Waals surface area contributed by atoms with Crippen molar-refractivity contribution in [2.24, 2.45) is 11.8 Å². The lowest BCUT2D eigenvalue weighted by molar-refractivity contribution is 0.148. The quantitative estimate of drug-likeness (QED) is 0.0315. The van der Waals surface area contributed by atoms with Gasteiger partial charge in [-0.3, -0.25) is 0 Å². The Bertz CT molecular complexity index is 2260. The van der Waals surface area contributed by atoms with Crippen molar-refractivity contribution in [1.29, 1.82) is 0 Å². The van der Waals surface area contributed by atoms with Crippen LogP contribution in [-0.2, 0) is 17.7 Å². The number of hydrogen-bond donors (Lipinski definition) is 2. The van der Waals surface area contributed by atoms with E-state index in [0.717, 1.165) is 45.3 Å². The molecule has 0 spiro atoms. The second kappa shape index (κ2) is 29.3. The molecule has 10 heteroatoms. The third-order valence-corrected chi connectivity index (χ3v) is 35.7. The molecule has 2 unspecified atom stereocenters. The van der Waals surface area contributed by atoms with Crippen LogP contribution in [0.25, 0.3) is 0 Å². The van der Waals surface area contributed by atoms with Gasteiger partial charge in [0.05, 0.1) is 12.2 Å². The van der Waals surface area contributed by atoms with E-state index in [-0.39, 0.29) is 44.2 Å². The van der Waals surface area contributed by atoms with Gasteiger partial charge in [-0.15, -0.1) is 0 Å². The third kappa shape index (κ3) is 19.0. The smallest absolute Gasteiger partial charge is 0.261 e. The molecular formula is C66H106O6Si4. The molecule has 6 nitrogen and oxygen atoms in total. The Hall–Kier alpha value is -3.19. The van der Waals surface area contributed by atoms with E-state index < -0.39 is 45.5 Å². The summed E-state index contributed by atoms with van der Waals surface area (Å²) >= 11 is 0. The summed E-state index contributed by atoms with van der Waals surface area (Å²) in [6.45, 7) is 46.6. The van der Waals surface area contributed by atoms with E-state index in [9.17, 15) is 10.2 Å². The standard InChI is InChI=1S/C33H54O3Si2.C33H52O3Si2/c2*1-27(19-18-26-35-37(9,10)32(3,4)5)31(34)25-17-20-28(2)36-38(33(6,7)8,29-21-13-11-14-22-29)30-23-15-12-16-24-30/h11-17,21-25,27-28,31,34H,18-20,26H2,1-10H3;11-16,21-24,27-28,31,34H,18-20,26H2,1-10H3/b25-17-;/t27-,28-,31?;27-,28+,31?/m00/s1. The Morgan fingerprint density at radius 2 is 0.803 bits per heavy atom. The monoisotopic (exact) mass is 1110 g/mol. The molecule has 0 aliphatic carbocycles. The molecule has 0 radical (unpaired) electrons. The van der Waals surface area contributed by atoms with Crippen LogP contribution >= 0.6 is 0 Å². The Morgan fingerprint density at radius 1 is 0.474 bits per heavy atom. The lowest BCUT2D eigenvalue weighted by Crippen LogP contribution is -2.67. The van der Waals surface area contributed by atoms with Gasteiger partial charge in [-0.25, -0.2) is 0 Å². The summed E-state index contributed by atoms with van der Waals surface area (Å²) in [6.07, 6.45) is 8.07. The molecule has 0 aromatic heterocycles. The molecule has 0 saturated heterocycles. The normalized spacial score (nSPS) is 15.7. The summed E-state index contributed by atoms with van der Waals surface area (Å²) in [5.41, 5.74) is 0. The van der Waals surface area contributed by atoms with Crippen LogP contribution in [0.15, 0.2) is 133 Å². The first kappa shape index (κ1) is 67.1. The van der Waals surface area contributed by atoms with Crippen molar-refractivity contribution in [2.75, 3.05) is 13.2 Å². The van der Waals surface area contributed by atoms with Crippen molar-refractivity contribution in [3.05, 3.63) is 133 Å². The molecule has 422 valence electrons. The van der Waals surface area contributed by atoms with Crippen molar-refractivity contribution < 1.29 is 27.9 Å². The third-order valence-electron chi connectivity index (χ3n) is 16.3. The zero-order valence-electron chi connectivity index (χ0n) is 51.4. The van der Waals surface area contributed by atoms with Gasteiger partial charge in [0.25, 0.3) is 16.6 Å². The first-order chi connectivity index (χ1) is 35.2. The Kier molecular flexibility index (Phi) is 25.9. The molecule has 0 fully saturated rings. The van der Waals surface area contributed by atoms with Crippen LogP contribution in [0.4, 0.5) is 0 Å². The minimum Gasteiger partial charge on any atom is -0.417 e. The summed E-state index contributed by atoms with van der Waals surface area (Å²) in [7, 11) is -8.60. The molecule has 0 aliphatic rings. The first-order valence-electron chi connectivity index (χ1n) is 28.6. The van der Waals surface area contributed by atoms with Crippen LogP contribution < -0.4 is 20.7 Å². The molecule has 4 aromatic carbocycles. The Morgan fingerprint density at radius 3 is 1.13 bits per heavy atom. The zero-order valence-corrected chi connectivity index (χ0v) is 55.4. The number of aliphatic hydroxyl groups excluding tert-OH is 2. The average Bonchev–Trinajstić information content (AvgIpc) is 3.34. The molecule has 0 aliphatic heterocycles. The Balaban J connectivity index is 0.000000400. The van der Waals surface area contributed by atoms with Crippen LogP contribution in [0.3, 0.4) is 0 Å². The van der Waals surface area contributed by atoms with E-state index in [1.165, 1.54) is 20.7 Å². The van der Waals surface area contributed by atoms with Gasteiger partial charge in [0, 0.05) is 25.7 Å². The topological polar surface area (TPSA) is 77.4 Å². The Labute approximate surface area is 469 Å². The summed E-state index contributed by atoms with van der Waals surface area (Å²) in [5, 5.41) is 26.9. The fourth-order valence-electron chi connectivity index (χ4n) is 9.35. The predicted octanol–water partition coefficient (Wildman–Crippen LogP) is 14.8. The van der Waals surface area contributed by atoms with Crippen LogP contribution in [-0.4, -0.2) is 81.1 Å². The fraction of sp³-hybridized carbons (Fsp3) is 0.576. The summed E-state index contributed by atoms with van der Waals surface area (Å²) < 4.78 is 26.8. The highest BCUT2D eigenvalue weighted by molar-refractivity contribution is 7.00. The largest absolute Gasteiger partial charge is 0.417 e. The van der Waals surface area contributed by atoms with Gasteiger partial charge >= 0.3 is 0 Å². The number of benzene rings is 4. The zero-order chi connectivity index (χ0) is 57.2. The second-order valence-electron chi connectivity index (χ2n) is 26.8. The minimum atomic E-state index is -2.60. The van der Waals surface area contributed by atoms with Crippen molar-refractivity contribution >= 4 is 54.0 Å². The van der Waals surface area contributed by atoms with Gasteiger partial charge < -0.3 is 27.9 Å². The van der Waals surface area contributed by atoms with E-state index in [0.29, 0.717) is 6.42 Å². The minimum absolute atomic E-state index is 0.0260. The van der Waals surface area contributed by atoms with Crippen LogP contribution in [0.2, 0.25) is 46.3 Å². The van der Waals surface area contributed by atoms with Crippen molar-refractivity contribution in [3.8, 4) is 11.8 Å². The molecule has 76 heavy (non-hydrogen) atoms. The number of aliphatic hydroxyl groups is 2. The highest BCUT2D eigenvalue weighted by Crippen LogP contribution is 2.40. The number of rotatable bonds is 24. The summed E-state index contributed by atoms with van der Waals surface area (Å²) in [5.74, 6) is 6.66.